The van der Waals surface area contributed by atoms with Crippen LogP contribution in [0.25, 0.3) is 0 Å². The first-order chi connectivity index (χ1) is 10.2. The molecule has 6 nitrogen and oxygen atoms in total. The maximum absolute atomic E-state index is 11.5. The summed E-state index contributed by atoms with van der Waals surface area (Å²) >= 11 is 0. The Labute approximate surface area is 149 Å². The first-order valence-electron chi connectivity index (χ1n) is 7.21. The van der Waals surface area contributed by atoms with Gasteiger partial charge in [0.05, 0.1) is 13.1 Å². The third kappa shape index (κ3) is 7.18. The molecule has 1 aliphatic heterocycles. The van der Waals surface area contributed by atoms with E-state index >= 15 is 0 Å². The van der Waals surface area contributed by atoms with Crippen LogP contribution in [0.2, 0.25) is 0 Å². The van der Waals surface area contributed by atoms with E-state index in [1.807, 2.05) is 0 Å². The SMILES string of the molecule is Cl.Cl.NCC(=O)NCC(=O)NCCN1CCc2ccccc2C1. The van der Waals surface area contributed by atoms with Gasteiger partial charge in [0.2, 0.25) is 11.8 Å². The van der Waals surface area contributed by atoms with E-state index < -0.39 is 0 Å². The molecule has 0 aliphatic carbocycles. The number of hydrogen-bond acceptors (Lipinski definition) is 4. The minimum Gasteiger partial charge on any atom is -0.353 e. The average molecular weight is 363 g/mol. The fraction of sp³-hybridized carbons (Fsp3) is 0.467. The van der Waals surface area contributed by atoms with Crippen LogP contribution in [0.1, 0.15) is 11.1 Å². The topological polar surface area (TPSA) is 87.5 Å². The van der Waals surface area contributed by atoms with Crippen molar-refractivity contribution in [2.75, 3.05) is 32.7 Å². The van der Waals surface area contributed by atoms with Crippen LogP contribution in [0.3, 0.4) is 0 Å². The molecule has 1 aliphatic rings. The van der Waals surface area contributed by atoms with E-state index in [-0.39, 0.29) is 49.7 Å². The Kier molecular flexibility index (Phi) is 10.6. The summed E-state index contributed by atoms with van der Waals surface area (Å²) in [6.07, 6.45) is 1.05. The van der Waals surface area contributed by atoms with Gasteiger partial charge in [0.15, 0.2) is 0 Å². The Bertz CT molecular complexity index is 514. The van der Waals surface area contributed by atoms with E-state index in [2.05, 4.69) is 39.8 Å². The Hall–Kier alpha value is -1.34. The third-order valence-corrected chi connectivity index (χ3v) is 3.59. The van der Waals surface area contributed by atoms with E-state index in [0.29, 0.717) is 6.54 Å². The fourth-order valence-corrected chi connectivity index (χ4v) is 2.41. The Balaban J connectivity index is 0.00000242. The molecule has 2 amide bonds. The summed E-state index contributed by atoms with van der Waals surface area (Å²) in [7, 11) is 0. The molecule has 0 radical (unpaired) electrons. The van der Waals surface area contributed by atoms with Gasteiger partial charge in [-0.1, -0.05) is 24.3 Å². The molecule has 0 spiro atoms. The molecule has 8 heteroatoms. The van der Waals surface area contributed by atoms with Crippen LogP contribution in [-0.4, -0.2) is 49.4 Å². The second-order valence-corrected chi connectivity index (χ2v) is 5.13. The van der Waals surface area contributed by atoms with E-state index in [4.69, 9.17) is 5.73 Å². The number of rotatable bonds is 6. The number of nitrogens with two attached hydrogens (primary N) is 1. The van der Waals surface area contributed by atoms with Gasteiger partial charge in [-0.05, 0) is 17.5 Å². The summed E-state index contributed by atoms with van der Waals surface area (Å²) < 4.78 is 0. The molecule has 23 heavy (non-hydrogen) atoms. The number of benzene rings is 1. The molecule has 1 heterocycles. The molecule has 4 N–H and O–H groups in total. The molecule has 0 bridgehead atoms. The van der Waals surface area contributed by atoms with Gasteiger partial charge in [-0.15, -0.1) is 24.8 Å². The molecular formula is C15H24Cl2N4O2. The smallest absolute Gasteiger partial charge is 0.239 e. The lowest BCUT2D eigenvalue weighted by molar-refractivity contribution is -0.125. The van der Waals surface area contributed by atoms with E-state index in [1.54, 1.807) is 0 Å². The zero-order chi connectivity index (χ0) is 15.1. The number of nitrogens with one attached hydrogen (secondary N) is 2. The number of halogens is 2. The fourth-order valence-electron chi connectivity index (χ4n) is 2.41. The molecule has 0 saturated heterocycles. The van der Waals surface area contributed by atoms with Gasteiger partial charge in [0.1, 0.15) is 0 Å². The molecule has 130 valence electrons. The van der Waals surface area contributed by atoms with Crippen molar-refractivity contribution in [3.05, 3.63) is 35.4 Å². The summed E-state index contributed by atoms with van der Waals surface area (Å²) in [5.41, 5.74) is 7.93. The van der Waals surface area contributed by atoms with Crippen LogP contribution in [0.5, 0.6) is 0 Å². The molecule has 2 rings (SSSR count). The van der Waals surface area contributed by atoms with Crippen molar-refractivity contribution in [3.63, 3.8) is 0 Å². The minimum atomic E-state index is -0.321. The van der Waals surface area contributed by atoms with Crippen molar-refractivity contribution in [2.24, 2.45) is 5.73 Å². The van der Waals surface area contributed by atoms with Gasteiger partial charge < -0.3 is 16.4 Å². The van der Waals surface area contributed by atoms with Crippen LogP contribution in [-0.2, 0) is 22.6 Å². The van der Waals surface area contributed by atoms with Gasteiger partial charge in [-0.25, -0.2) is 0 Å². The van der Waals surface area contributed by atoms with E-state index in [0.717, 1.165) is 26.1 Å². The maximum Gasteiger partial charge on any atom is 0.239 e. The average Bonchev–Trinajstić information content (AvgIpc) is 2.52. The summed E-state index contributed by atoms with van der Waals surface area (Å²) in [6, 6.07) is 8.46. The summed E-state index contributed by atoms with van der Waals surface area (Å²) in [5.74, 6) is -0.507. The van der Waals surface area contributed by atoms with Gasteiger partial charge >= 0.3 is 0 Å². The van der Waals surface area contributed by atoms with Gasteiger partial charge in [0.25, 0.3) is 0 Å². The van der Waals surface area contributed by atoms with Gasteiger partial charge in [0, 0.05) is 26.2 Å². The lowest BCUT2D eigenvalue weighted by Gasteiger charge is -2.28. The van der Waals surface area contributed by atoms with Gasteiger partial charge in [-0.2, -0.15) is 0 Å². The predicted molar refractivity (Wildman–Crippen MR) is 95.0 cm³/mol. The maximum atomic E-state index is 11.5. The first kappa shape index (κ1) is 21.7. The molecule has 0 aromatic heterocycles. The van der Waals surface area contributed by atoms with Crippen LogP contribution in [0.4, 0.5) is 0 Å². The number of hydrogen-bond donors (Lipinski definition) is 3. The Morgan fingerprint density at radius 1 is 1.09 bits per heavy atom. The second kappa shape index (κ2) is 11.2. The monoisotopic (exact) mass is 362 g/mol. The summed E-state index contributed by atoms with van der Waals surface area (Å²) in [5, 5.41) is 5.24. The number of fused-ring (bicyclic) bond motifs is 1. The highest BCUT2D eigenvalue weighted by Crippen LogP contribution is 2.17. The van der Waals surface area contributed by atoms with Crippen molar-refractivity contribution < 1.29 is 9.59 Å². The summed E-state index contributed by atoms with van der Waals surface area (Å²) in [6.45, 7) is 3.22. The third-order valence-electron chi connectivity index (χ3n) is 3.59. The standard InChI is InChI=1S/C15H22N4O2.2ClH/c16-9-14(20)18-10-15(21)17-6-8-19-7-5-12-3-1-2-4-13(12)11-19;;/h1-4H,5-11,16H2,(H,17,21)(H,18,20);2*1H. The second-order valence-electron chi connectivity index (χ2n) is 5.13. The van der Waals surface area contributed by atoms with Crippen LogP contribution in [0.15, 0.2) is 24.3 Å². The van der Waals surface area contributed by atoms with E-state index in [1.165, 1.54) is 11.1 Å². The van der Waals surface area contributed by atoms with Crippen LogP contribution < -0.4 is 16.4 Å². The minimum absolute atomic E-state index is 0. The van der Waals surface area contributed by atoms with Crippen LogP contribution in [0, 0.1) is 0 Å². The molecule has 1 aromatic rings. The van der Waals surface area contributed by atoms with Crippen molar-refractivity contribution in [2.45, 2.75) is 13.0 Å². The highest BCUT2D eigenvalue weighted by atomic mass is 35.5. The highest BCUT2D eigenvalue weighted by Gasteiger charge is 2.15. The van der Waals surface area contributed by atoms with Crippen molar-refractivity contribution >= 4 is 36.6 Å². The van der Waals surface area contributed by atoms with Crippen molar-refractivity contribution in [1.82, 2.24) is 15.5 Å². The molecule has 0 saturated carbocycles. The first-order valence-corrected chi connectivity index (χ1v) is 7.21. The highest BCUT2D eigenvalue weighted by molar-refractivity contribution is 5.86. The normalized spacial score (nSPS) is 13.1. The largest absolute Gasteiger partial charge is 0.353 e. The summed E-state index contributed by atoms with van der Waals surface area (Å²) in [4.78, 5) is 24.8. The van der Waals surface area contributed by atoms with Crippen LogP contribution >= 0.6 is 24.8 Å². The molecule has 0 atom stereocenters. The molecular weight excluding hydrogens is 339 g/mol. The number of amides is 2. The Morgan fingerprint density at radius 3 is 2.48 bits per heavy atom. The lowest BCUT2D eigenvalue weighted by Crippen LogP contribution is -2.42. The number of carbonyl (C=O) groups excluding carboxylic acids is 2. The zero-order valence-electron chi connectivity index (χ0n) is 12.9. The quantitative estimate of drug-likeness (QED) is 0.668. The molecule has 0 fully saturated rings. The zero-order valence-corrected chi connectivity index (χ0v) is 14.5. The lowest BCUT2D eigenvalue weighted by atomic mass is 10.00. The molecule has 1 aromatic carbocycles. The predicted octanol–water partition coefficient (Wildman–Crippen LogP) is 0.0794. The number of nitrogens with zero attached hydrogens (tertiary/aromatic N) is 1. The van der Waals surface area contributed by atoms with E-state index in [9.17, 15) is 9.59 Å². The Morgan fingerprint density at radius 2 is 1.78 bits per heavy atom. The van der Waals surface area contributed by atoms with Crippen molar-refractivity contribution in [3.8, 4) is 0 Å². The number of carbonyl (C=O) groups is 2. The van der Waals surface area contributed by atoms with Gasteiger partial charge in [-0.3, -0.25) is 14.5 Å². The molecule has 0 unspecified atom stereocenters. The van der Waals surface area contributed by atoms with Crippen molar-refractivity contribution in [1.29, 1.82) is 0 Å².